The first-order valence-corrected chi connectivity index (χ1v) is 22.8. The zero-order valence-corrected chi connectivity index (χ0v) is 23.8. The van der Waals surface area contributed by atoms with Crippen molar-refractivity contribution in [1.82, 2.24) is 0 Å². The molecule has 3 aliphatic carbocycles. The maximum absolute atomic E-state index is 2.93. The summed E-state index contributed by atoms with van der Waals surface area (Å²) in [5, 5.41) is 0. The zero-order chi connectivity index (χ0) is 21.3. The van der Waals surface area contributed by atoms with Gasteiger partial charge in [0.05, 0.1) is 0 Å². The van der Waals surface area contributed by atoms with Gasteiger partial charge in [0.2, 0.25) is 0 Å². The second-order valence-electron chi connectivity index (χ2n) is 9.75. The van der Waals surface area contributed by atoms with E-state index >= 15 is 0 Å². The van der Waals surface area contributed by atoms with Crippen LogP contribution >= 0.6 is 0 Å². The molecule has 1 unspecified atom stereocenters. The van der Waals surface area contributed by atoms with E-state index in [1.807, 2.05) is 9.84 Å². The normalized spacial score (nSPS) is 22.6. The van der Waals surface area contributed by atoms with Crippen molar-refractivity contribution >= 4 is 5.92 Å². The van der Waals surface area contributed by atoms with Crippen molar-refractivity contribution in [3.8, 4) is 0 Å². The Kier molecular flexibility index (Phi) is 7.49. The van der Waals surface area contributed by atoms with E-state index in [0.29, 0.717) is 5.92 Å². The first-order chi connectivity index (χ1) is 13.8. The van der Waals surface area contributed by atoms with Crippen LogP contribution in [0, 0.1) is 5.92 Å². The number of hydrogen-bond acceptors (Lipinski definition) is 0. The van der Waals surface area contributed by atoms with Crippen molar-refractivity contribution in [2.75, 3.05) is 0 Å². The fourth-order valence-corrected chi connectivity index (χ4v) is 42.0. The molecular weight excluding hydrogens is 444 g/mol. The Labute approximate surface area is 185 Å². The van der Waals surface area contributed by atoms with Gasteiger partial charge in [0.25, 0.3) is 0 Å². The molecule has 0 saturated heterocycles. The summed E-state index contributed by atoms with van der Waals surface area (Å²) in [4.78, 5) is 0. The minimum absolute atomic E-state index is 0.660. The number of allylic oxidation sites excluding steroid dienone is 12. The van der Waals surface area contributed by atoms with Gasteiger partial charge in [-0.25, -0.2) is 0 Å². The summed E-state index contributed by atoms with van der Waals surface area (Å²) in [6.45, 7) is 20.0. The van der Waals surface area contributed by atoms with Crippen molar-refractivity contribution in [1.29, 1.82) is 0 Å². The third-order valence-corrected chi connectivity index (χ3v) is 39.8. The fraction of sp³-hybridized carbons (Fsp3) is 0.556. The number of hydrogen-bond donors (Lipinski definition) is 0. The molecule has 0 heterocycles. The van der Waals surface area contributed by atoms with Gasteiger partial charge in [0, 0.05) is 0 Å². The molecular formula is C27H42SiZr. The minimum atomic E-state index is -2.93. The third kappa shape index (κ3) is 3.71. The molecule has 0 aromatic carbocycles. The Hall–Kier alpha value is -0.460. The predicted octanol–water partition coefficient (Wildman–Crippen LogP) is 8.41. The molecule has 0 N–H and O–H groups in total. The monoisotopic (exact) mass is 484 g/mol. The molecule has 3 rings (SSSR count). The summed E-state index contributed by atoms with van der Waals surface area (Å²) in [5.41, 5.74) is 8.44. The maximum atomic E-state index is 2.72. The Morgan fingerprint density at radius 2 is 1.34 bits per heavy atom. The van der Waals surface area contributed by atoms with Gasteiger partial charge in [-0.2, -0.15) is 0 Å². The van der Waals surface area contributed by atoms with Crippen LogP contribution in [0.4, 0.5) is 0 Å². The molecule has 0 aromatic heterocycles. The first kappa shape index (κ1) is 23.2. The second kappa shape index (κ2) is 9.35. The van der Waals surface area contributed by atoms with Gasteiger partial charge >= 0.3 is 186 Å². The molecule has 0 spiro atoms. The van der Waals surface area contributed by atoms with Crippen LogP contribution in [0.25, 0.3) is 0 Å². The Morgan fingerprint density at radius 1 is 0.862 bits per heavy atom. The van der Waals surface area contributed by atoms with Crippen LogP contribution < -0.4 is 0 Å². The molecule has 0 saturated carbocycles. The number of rotatable bonds is 8. The summed E-state index contributed by atoms with van der Waals surface area (Å²) in [6, 6.07) is 0. The van der Waals surface area contributed by atoms with Crippen LogP contribution in [-0.4, -0.2) is 5.92 Å². The van der Waals surface area contributed by atoms with E-state index in [2.05, 4.69) is 78.9 Å². The van der Waals surface area contributed by atoms with Crippen LogP contribution in [0.15, 0.2) is 62.0 Å². The van der Waals surface area contributed by atoms with Crippen LogP contribution in [0.3, 0.4) is 0 Å². The molecule has 0 fully saturated rings. The van der Waals surface area contributed by atoms with Crippen molar-refractivity contribution in [2.24, 2.45) is 5.92 Å². The average molecular weight is 486 g/mol. The van der Waals surface area contributed by atoms with E-state index in [1.54, 1.807) is 27.9 Å². The summed E-state index contributed by atoms with van der Waals surface area (Å²) in [5.74, 6) is -0.250. The summed E-state index contributed by atoms with van der Waals surface area (Å²) in [7, 11) is 0. The summed E-state index contributed by atoms with van der Waals surface area (Å²) < 4.78 is 5.95. The van der Waals surface area contributed by atoms with Crippen molar-refractivity contribution in [2.45, 2.75) is 93.2 Å². The van der Waals surface area contributed by atoms with E-state index in [0.717, 1.165) is 0 Å². The van der Waals surface area contributed by atoms with Crippen LogP contribution in [0.1, 0.15) is 80.1 Å². The Balaban J connectivity index is 2.36. The molecule has 0 aliphatic heterocycles. The first-order valence-electron chi connectivity index (χ1n) is 12.0. The zero-order valence-electron chi connectivity index (χ0n) is 20.2. The van der Waals surface area contributed by atoms with Gasteiger partial charge < -0.3 is 0 Å². The van der Waals surface area contributed by atoms with Gasteiger partial charge in [-0.05, 0) is 0 Å². The molecule has 0 amide bonds. The van der Waals surface area contributed by atoms with E-state index in [-0.39, 0.29) is 0 Å². The molecule has 0 nitrogen and oxygen atoms in total. The van der Waals surface area contributed by atoms with E-state index in [9.17, 15) is 0 Å². The molecule has 29 heavy (non-hydrogen) atoms. The van der Waals surface area contributed by atoms with Crippen LogP contribution in [0.2, 0.25) is 13.1 Å². The van der Waals surface area contributed by atoms with Gasteiger partial charge in [0.1, 0.15) is 0 Å². The van der Waals surface area contributed by atoms with Gasteiger partial charge in [-0.3, -0.25) is 0 Å². The molecule has 3 aliphatic rings. The quantitative estimate of drug-likeness (QED) is 0.303. The summed E-state index contributed by atoms with van der Waals surface area (Å²) in [6.07, 6.45) is 17.7. The fourth-order valence-electron chi connectivity index (χ4n) is 6.45. The van der Waals surface area contributed by atoms with Crippen molar-refractivity contribution in [3.05, 3.63) is 62.0 Å². The Bertz CT molecular complexity index is 817. The molecule has 0 radical (unpaired) electrons. The average Bonchev–Trinajstić information content (AvgIpc) is 3.38. The van der Waals surface area contributed by atoms with Crippen molar-refractivity contribution < 1.29 is 19.4 Å². The summed E-state index contributed by atoms with van der Waals surface area (Å²) >= 11 is -2.93. The second-order valence-corrected chi connectivity index (χ2v) is 34.0. The third-order valence-electron chi connectivity index (χ3n) is 7.98. The molecule has 0 aromatic rings. The van der Waals surface area contributed by atoms with Crippen LogP contribution in [0.5, 0.6) is 0 Å². The van der Waals surface area contributed by atoms with E-state index in [4.69, 9.17) is 0 Å². The molecule has 0 bridgehead atoms. The van der Waals surface area contributed by atoms with Gasteiger partial charge in [-0.15, -0.1) is 0 Å². The van der Waals surface area contributed by atoms with Gasteiger partial charge in [-0.1, -0.05) is 0 Å². The van der Waals surface area contributed by atoms with E-state index < -0.39 is 25.4 Å². The molecule has 2 heteroatoms. The topological polar surface area (TPSA) is 0 Å². The van der Waals surface area contributed by atoms with Crippen molar-refractivity contribution in [3.63, 3.8) is 0 Å². The predicted molar refractivity (Wildman–Crippen MR) is 130 cm³/mol. The molecule has 158 valence electrons. The Morgan fingerprint density at radius 3 is 1.69 bits per heavy atom. The molecule has 1 atom stereocenters. The van der Waals surface area contributed by atoms with E-state index in [1.165, 1.54) is 38.5 Å². The standard InChI is InChI=1S/C9H13.2C8H11.C2H7Si.Zr/c1-6-5-7(2)9(4)8(6)3;2*1-2-5-8-6-3-4-7-8;1-3-2;/h6H,1-4H3;2*3,6H,2,4-5H2,1H3;3H,1-2H3;. The van der Waals surface area contributed by atoms with Gasteiger partial charge in [0.15, 0.2) is 0 Å². The van der Waals surface area contributed by atoms with Crippen LogP contribution in [-0.2, 0) is 19.4 Å². The SMILES string of the molecule is CCCC1=[C]([Zr]([C]2=C(CCC)C=CC2)([C]2=C(C)C(C)=C(C)C2C)[SiH](C)C)CC=C1.